The maximum Gasteiger partial charge on any atom is 0.118 e. The zero-order chi connectivity index (χ0) is 16.0. The van der Waals surface area contributed by atoms with Crippen LogP contribution in [0.3, 0.4) is 0 Å². The zero-order valence-corrected chi connectivity index (χ0v) is 13.5. The van der Waals surface area contributed by atoms with E-state index in [2.05, 4.69) is 47.9 Å². The lowest BCUT2D eigenvalue weighted by Crippen LogP contribution is -1.98. The molecule has 0 fully saturated rings. The summed E-state index contributed by atoms with van der Waals surface area (Å²) in [5.74, 6) is 0. The summed E-state index contributed by atoms with van der Waals surface area (Å²) in [6, 6.07) is 18.4. The molecule has 0 aliphatic carbocycles. The lowest BCUT2D eigenvalue weighted by Gasteiger charge is -2.00. The smallest absolute Gasteiger partial charge is 0.118 e. The largest absolute Gasteiger partial charge is 0.347 e. The van der Waals surface area contributed by atoms with Gasteiger partial charge in [0.2, 0.25) is 0 Å². The number of rotatable bonds is 2. The molecule has 0 radical (unpaired) electrons. The van der Waals surface area contributed by atoms with E-state index in [1.807, 2.05) is 37.3 Å². The number of benzene rings is 2. The molecular formula is C19H18N4. The van der Waals surface area contributed by atoms with Crippen LogP contribution in [-0.2, 0) is 7.05 Å². The molecule has 0 saturated heterocycles. The molecule has 0 bridgehead atoms. The van der Waals surface area contributed by atoms with Gasteiger partial charge in [0, 0.05) is 29.2 Å². The summed E-state index contributed by atoms with van der Waals surface area (Å²) < 4.78 is 2.21. The Bertz CT molecular complexity index is 993. The lowest BCUT2D eigenvalue weighted by molar-refractivity contribution is 0.747. The highest BCUT2D eigenvalue weighted by molar-refractivity contribution is 5.97. The van der Waals surface area contributed by atoms with Crippen LogP contribution in [0.4, 0.5) is 0 Å². The number of hydrogen-bond acceptors (Lipinski definition) is 2. The summed E-state index contributed by atoms with van der Waals surface area (Å²) in [5, 5.41) is 10.6. The van der Waals surface area contributed by atoms with Crippen LogP contribution in [0.2, 0.25) is 0 Å². The Hall–Kier alpha value is -2.88. The van der Waals surface area contributed by atoms with E-state index in [0.29, 0.717) is 0 Å². The van der Waals surface area contributed by atoms with Gasteiger partial charge in [-0.15, -0.1) is 5.10 Å². The van der Waals surface area contributed by atoms with E-state index in [4.69, 9.17) is 5.10 Å². The summed E-state index contributed by atoms with van der Waals surface area (Å²) in [6.45, 7) is 4.15. The van der Waals surface area contributed by atoms with Gasteiger partial charge in [0.15, 0.2) is 0 Å². The van der Waals surface area contributed by atoms with Crippen LogP contribution in [0.15, 0.2) is 54.6 Å². The lowest BCUT2D eigenvalue weighted by atomic mass is 10.1. The first-order valence-corrected chi connectivity index (χ1v) is 7.70. The SMILES string of the molecule is Cc1nn(-c2ccccc2)nc1-c1c(C)n(C)c2ccccc12. The third-order valence-electron chi connectivity index (χ3n) is 4.41. The van der Waals surface area contributed by atoms with E-state index in [0.717, 1.165) is 17.1 Å². The summed E-state index contributed by atoms with van der Waals surface area (Å²) >= 11 is 0. The van der Waals surface area contributed by atoms with Crippen LogP contribution >= 0.6 is 0 Å². The van der Waals surface area contributed by atoms with E-state index < -0.39 is 0 Å². The van der Waals surface area contributed by atoms with Crippen molar-refractivity contribution < 1.29 is 0 Å². The second-order valence-corrected chi connectivity index (χ2v) is 5.80. The van der Waals surface area contributed by atoms with Crippen LogP contribution in [0.1, 0.15) is 11.4 Å². The van der Waals surface area contributed by atoms with Gasteiger partial charge in [-0.1, -0.05) is 36.4 Å². The van der Waals surface area contributed by atoms with Crippen molar-refractivity contribution >= 4 is 10.9 Å². The summed E-state index contributed by atoms with van der Waals surface area (Å²) in [4.78, 5) is 1.71. The number of aromatic nitrogens is 4. The molecule has 4 heteroatoms. The Balaban J connectivity index is 1.96. The highest BCUT2D eigenvalue weighted by Gasteiger charge is 2.19. The normalized spacial score (nSPS) is 11.3. The van der Waals surface area contributed by atoms with Crippen LogP contribution in [-0.4, -0.2) is 19.6 Å². The minimum atomic E-state index is 0.938. The van der Waals surface area contributed by atoms with Crippen molar-refractivity contribution in [1.29, 1.82) is 0 Å². The molecule has 4 aromatic rings. The summed E-state index contributed by atoms with van der Waals surface area (Å²) in [7, 11) is 2.10. The van der Waals surface area contributed by atoms with Gasteiger partial charge < -0.3 is 4.57 Å². The Morgan fingerprint density at radius 3 is 2.30 bits per heavy atom. The molecule has 4 rings (SSSR count). The highest BCUT2D eigenvalue weighted by atomic mass is 15.5. The van der Waals surface area contributed by atoms with Gasteiger partial charge in [0.1, 0.15) is 5.69 Å². The molecule has 0 spiro atoms. The monoisotopic (exact) mass is 302 g/mol. The first-order chi connectivity index (χ1) is 11.2. The van der Waals surface area contributed by atoms with E-state index in [-0.39, 0.29) is 0 Å². The topological polar surface area (TPSA) is 35.6 Å². The first-order valence-electron chi connectivity index (χ1n) is 7.70. The van der Waals surface area contributed by atoms with Crippen LogP contribution in [0.25, 0.3) is 27.8 Å². The van der Waals surface area contributed by atoms with Crippen molar-refractivity contribution in [2.24, 2.45) is 7.05 Å². The molecular weight excluding hydrogens is 284 g/mol. The molecule has 0 aliphatic heterocycles. The molecule has 0 unspecified atom stereocenters. The average Bonchev–Trinajstić information content (AvgIpc) is 3.08. The molecule has 2 aromatic carbocycles. The minimum absolute atomic E-state index is 0.938. The summed E-state index contributed by atoms with van der Waals surface area (Å²) in [5.41, 5.74) is 6.45. The fraction of sp³-hybridized carbons (Fsp3) is 0.158. The van der Waals surface area contributed by atoms with Crippen LogP contribution < -0.4 is 0 Å². The molecule has 2 aromatic heterocycles. The van der Waals surface area contributed by atoms with Gasteiger partial charge in [0.05, 0.1) is 11.4 Å². The number of fused-ring (bicyclic) bond motifs is 1. The molecule has 0 amide bonds. The Morgan fingerprint density at radius 1 is 0.826 bits per heavy atom. The maximum absolute atomic E-state index is 4.77. The second kappa shape index (κ2) is 5.09. The van der Waals surface area contributed by atoms with Crippen LogP contribution in [0.5, 0.6) is 0 Å². The van der Waals surface area contributed by atoms with Crippen molar-refractivity contribution in [2.45, 2.75) is 13.8 Å². The maximum atomic E-state index is 4.77. The first kappa shape index (κ1) is 13.8. The summed E-state index contributed by atoms with van der Waals surface area (Å²) in [6.07, 6.45) is 0. The number of aryl methyl sites for hydroxylation is 2. The quantitative estimate of drug-likeness (QED) is 0.560. The molecule has 0 N–H and O–H groups in total. The third kappa shape index (κ3) is 2.06. The van der Waals surface area contributed by atoms with Crippen molar-refractivity contribution in [1.82, 2.24) is 19.6 Å². The predicted molar refractivity (Wildman–Crippen MR) is 92.7 cm³/mol. The van der Waals surface area contributed by atoms with Gasteiger partial charge in [-0.3, -0.25) is 0 Å². The van der Waals surface area contributed by atoms with Crippen molar-refractivity contribution in [3.63, 3.8) is 0 Å². The van der Waals surface area contributed by atoms with E-state index in [1.54, 1.807) is 4.80 Å². The molecule has 2 heterocycles. The Morgan fingerprint density at radius 2 is 1.52 bits per heavy atom. The van der Waals surface area contributed by atoms with Crippen LogP contribution in [0, 0.1) is 13.8 Å². The highest BCUT2D eigenvalue weighted by Crippen LogP contribution is 2.34. The van der Waals surface area contributed by atoms with E-state index in [1.165, 1.54) is 22.2 Å². The van der Waals surface area contributed by atoms with E-state index >= 15 is 0 Å². The molecule has 0 atom stereocenters. The number of nitrogens with zero attached hydrogens (tertiary/aromatic N) is 4. The van der Waals surface area contributed by atoms with E-state index in [9.17, 15) is 0 Å². The molecule has 0 saturated carbocycles. The third-order valence-corrected chi connectivity index (χ3v) is 4.41. The predicted octanol–water partition coefficient (Wildman–Crippen LogP) is 4.04. The fourth-order valence-electron chi connectivity index (χ4n) is 3.11. The fourth-order valence-corrected chi connectivity index (χ4v) is 3.11. The molecule has 0 aliphatic rings. The molecule has 4 nitrogen and oxygen atoms in total. The average molecular weight is 302 g/mol. The zero-order valence-electron chi connectivity index (χ0n) is 13.5. The van der Waals surface area contributed by atoms with Gasteiger partial charge in [-0.2, -0.15) is 9.90 Å². The standard InChI is InChI=1S/C19H18N4/c1-13-19(21-23(20-13)15-9-5-4-6-10-15)18-14(2)22(3)17-12-8-7-11-16(17)18/h4-12H,1-3H3. The van der Waals surface area contributed by atoms with Crippen molar-refractivity contribution in [2.75, 3.05) is 0 Å². The molecule has 114 valence electrons. The number of para-hydroxylation sites is 2. The van der Waals surface area contributed by atoms with Gasteiger partial charge in [-0.05, 0) is 32.0 Å². The van der Waals surface area contributed by atoms with Gasteiger partial charge in [-0.25, -0.2) is 0 Å². The Kier molecular flexibility index (Phi) is 3.05. The molecule has 23 heavy (non-hydrogen) atoms. The Labute approximate surface area is 135 Å². The van der Waals surface area contributed by atoms with Crippen molar-refractivity contribution in [3.8, 4) is 16.9 Å². The van der Waals surface area contributed by atoms with Gasteiger partial charge in [0.25, 0.3) is 0 Å². The number of hydrogen-bond donors (Lipinski definition) is 0. The second-order valence-electron chi connectivity index (χ2n) is 5.80. The van der Waals surface area contributed by atoms with Crippen molar-refractivity contribution in [3.05, 3.63) is 66.0 Å². The van der Waals surface area contributed by atoms with Gasteiger partial charge >= 0.3 is 0 Å². The minimum Gasteiger partial charge on any atom is -0.347 e.